The highest BCUT2D eigenvalue weighted by atomic mass is 79.9. The Kier molecular flexibility index (Phi) is 4.39. The van der Waals surface area contributed by atoms with Gasteiger partial charge in [0, 0.05) is 24.9 Å². The molecule has 0 aromatic carbocycles. The Labute approximate surface area is 124 Å². The van der Waals surface area contributed by atoms with Crippen molar-refractivity contribution in [2.24, 2.45) is 0 Å². The van der Waals surface area contributed by atoms with Crippen LogP contribution < -0.4 is 10.4 Å². The average Bonchev–Trinajstić information content (AvgIpc) is 2.42. The van der Waals surface area contributed by atoms with Gasteiger partial charge in [-0.1, -0.05) is 6.08 Å². The molecule has 0 bridgehead atoms. The van der Waals surface area contributed by atoms with Crippen LogP contribution in [0, 0.1) is 6.92 Å². The predicted molar refractivity (Wildman–Crippen MR) is 75.0 cm³/mol. The summed E-state index contributed by atoms with van der Waals surface area (Å²) in [6, 6.07) is 1.84. The molecule has 2 rings (SSSR count). The van der Waals surface area contributed by atoms with Crippen molar-refractivity contribution in [2.45, 2.75) is 13.3 Å². The van der Waals surface area contributed by atoms with Crippen molar-refractivity contribution >= 4 is 33.7 Å². The maximum Gasteiger partial charge on any atom is 0.254 e. The molecule has 1 aromatic heterocycles. The Morgan fingerprint density at radius 2 is 2.25 bits per heavy atom. The molecule has 0 atom stereocenters. The molecule has 0 saturated heterocycles. The summed E-state index contributed by atoms with van der Waals surface area (Å²) in [6.45, 7) is 2.29. The molecule has 1 aliphatic heterocycles. The van der Waals surface area contributed by atoms with E-state index in [-0.39, 0.29) is 12.5 Å². The van der Waals surface area contributed by atoms with E-state index in [1.165, 1.54) is 0 Å². The SMILES string of the molecule is Cc1cnc(NC(=O)C2=CCCN(C(=O)[O-])C2)c(Br)c1. The van der Waals surface area contributed by atoms with Crippen LogP contribution in [0.1, 0.15) is 12.0 Å². The van der Waals surface area contributed by atoms with Gasteiger partial charge in [-0.3, -0.25) is 4.79 Å². The van der Waals surface area contributed by atoms with Gasteiger partial charge in [0.2, 0.25) is 0 Å². The lowest BCUT2D eigenvalue weighted by molar-refractivity contribution is -0.265. The first-order chi connectivity index (χ1) is 9.47. The fourth-order valence-electron chi connectivity index (χ4n) is 1.88. The Morgan fingerprint density at radius 1 is 1.50 bits per heavy atom. The number of pyridine rings is 1. The number of aryl methyl sites for hydroxylation is 1. The zero-order valence-electron chi connectivity index (χ0n) is 10.9. The van der Waals surface area contributed by atoms with Crippen LogP contribution in [0.4, 0.5) is 10.6 Å². The van der Waals surface area contributed by atoms with Crippen molar-refractivity contribution in [2.75, 3.05) is 18.4 Å². The third-order valence-electron chi connectivity index (χ3n) is 2.91. The molecule has 0 fully saturated rings. The zero-order chi connectivity index (χ0) is 14.7. The number of aromatic nitrogens is 1. The first-order valence-corrected chi connectivity index (χ1v) is 6.85. The van der Waals surface area contributed by atoms with Crippen LogP contribution in [0.5, 0.6) is 0 Å². The van der Waals surface area contributed by atoms with Gasteiger partial charge in [0.25, 0.3) is 5.91 Å². The van der Waals surface area contributed by atoms with Crippen LogP contribution >= 0.6 is 15.9 Å². The van der Waals surface area contributed by atoms with Crippen molar-refractivity contribution in [3.8, 4) is 0 Å². The van der Waals surface area contributed by atoms with E-state index in [1.807, 2.05) is 13.0 Å². The second-order valence-corrected chi connectivity index (χ2v) is 5.36. The number of nitrogens with zero attached hydrogens (tertiary/aromatic N) is 2. The maximum atomic E-state index is 12.1. The van der Waals surface area contributed by atoms with Gasteiger partial charge in [0.15, 0.2) is 0 Å². The van der Waals surface area contributed by atoms with Gasteiger partial charge in [-0.25, -0.2) is 4.98 Å². The summed E-state index contributed by atoms with van der Waals surface area (Å²) < 4.78 is 0.680. The summed E-state index contributed by atoms with van der Waals surface area (Å²) in [4.78, 5) is 28.1. The minimum atomic E-state index is -1.27. The number of carbonyl (C=O) groups is 2. The molecule has 106 valence electrons. The summed E-state index contributed by atoms with van der Waals surface area (Å²) in [5, 5.41) is 13.5. The van der Waals surface area contributed by atoms with Crippen molar-refractivity contribution in [3.05, 3.63) is 33.9 Å². The van der Waals surface area contributed by atoms with Crippen LogP contribution in [-0.2, 0) is 4.79 Å². The maximum absolute atomic E-state index is 12.1. The molecule has 1 aromatic rings. The summed E-state index contributed by atoms with van der Waals surface area (Å²) in [6.07, 6.45) is 2.61. The molecule has 0 saturated carbocycles. The monoisotopic (exact) mass is 338 g/mol. The lowest BCUT2D eigenvalue weighted by atomic mass is 10.1. The first-order valence-electron chi connectivity index (χ1n) is 6.06. The molecule has 1 aliphatic rings. The quantitative estimate of drug-likeness (QED) is 0.873. The molecular formula is C13H13BrN3O3-. The number of anilines is 1. The van der Waals surface area contributed by atoms with E-state index in [2.05, 4.69) is 26.2 Å². The number of halogens is 1. The summed E-state index contributed by atoms with van der Waals surface area (Å²) >= 11 is 3.32. The third-order valence-corrected chi connectivity index (χ3v) is 3.52. The van der Waals surface area contributed by atoms with Gasteiger partial charge >= 0.3 is 0 Å². The van der Waals surface area contributed by atoms with E-state index in [0.29, 0.717) is 28.8 Å². The van der Waals surface area contributed by atoms with Crippen LogP contribution in [-0.4, -0.2) is 35.0 Å². The Bertz CT molecular complexity index is 586. The van der Waals surface area contributed by atoms with E-state index in [4.69, 9.17) is 0 Å². The Morgan fingerprint density at radius 3 is 2.90 bits per heavy atom. The fourth-order valence-corrected chi connectivity index (χ4v) is 2.44. The van der Waals surface area contributed by atoms with Gasteiger partial charge < -0.3 is 20.1 Å². The number of carbonyl (C=O) groups excluding carboxylic acids is 2. The lowest BCUT2D eigenvalue weighted by Crippen LogP contribution is -2.45. The van der Waals surface area contributed by atoms with Crippen LogP contribution in [0.25, 0.3) is 0 Å². The summed E-state index contributed by atoms with van der Waals surface area (Å²) in [5.41, 5.74) is 1.37. The number of hydrogen-bond donors (Lipinski definition) is 1. The fraction of sp³-hybridized carbons (Fsp3) is 0.308. The number of rotatable bonds is 2. The van der Waals surface area contributed by atoms with Crippen molar-refractivity contribution < 1.29 is 14.7 Å². The highest BCUT2D eigenvalue weighted by molar-refractivity contribution is 9.10. The van der Waals surface area contributed by atoms with E-state index >= 15 is 0 Å². The normalized spacial score (nSPS) is 14.7. The molecule has 0 radical (unpaired) electrons. The standard InChI is InChI=1S/C13H14BrN3O3/c1-8-5-10(14)11(15-6-8)16-12(18)9-3-2-4-17(7-9)13(19)20/h3,5-6H,2,4,7H2,1H3,(H,19,20)(H,15,16,18)/p-1. The Hall–Kier alpha value is -1.89. The number of carboxylic acid groups (broad SMARTS) is 1. The number of amides is 2. The van der Waals surface area contributed by atoms with Gasteiger partial charge in [-0.2, -0.15) is 0 Å². The molecule has 7 heteroatoms. The number of hydrogen-bond acceptors (Lipinski definition) is 4. The van der Waals surface area contributed by atoms with Gasteiger partial charge in [-0.05, 0) is 40.9 Å². The number of nitrogens with one attached hydrogen (secondary N) is 1. The van der Waals surface area contributed by atoms with Crippen LogP contribution in [0.2, 0.25) is 0 Å². The minimum absolute atomic E-state index is 0.0393. The van der Waals surface area contributed by atoms with E-state index in [1.54, 1.807) is 12.3 Å². The molecular weight excluding hydrogens is 326 g/mol. The zero-order valence-corrected chi connectivity index (χ0v) is 12.4. The molecule has 6 nitrogen and oxygen atoms in total. The van der Waals surface area contributed by atoms with Crippen LogP contribution in [0.3, 0.4) is 0 Å². The lowest BCUT2D eigenvalue weighted by Gasteiger charge is -2.28. The second-order valence-electron chi connectivity index (χ2n) is 4.50. The van der Waals surface area contributed by atoms with E-state index in [0.717, 1.165) is 10.5 Å². The van der Waals surface area contributed by atoms with Crippen molar-refractivity contribution in [1.82, 2.24) is 9.88 Å². The van der Waals surface area contributed by atoms with Crippen molar-refractivity contribution in [1.29, 1.82) is 0 Å². The van der Waals surface area contributed by atoms with Gasteiger partial charge in [-0.15, -0.1) is 0 Å². The molecule has 1 N–H and O–H groups in total. The summed E-state index contributed by atoms with van der Waals surface area (Å²) in [7, 11) is 0. The molecule has 0 aliphatic carbocycles. The molecule has 0 spiro atoms. The Balaban J connectivity index is 2.08. The van der Waals surface area contributed by atoms with Gasteiger partial charge in [0.1, 0.15) is 11.9 Å². The van der Waals surface area contributed by atoms with Crippen molar-refractivity contribution in [3.63, 3.8) is 0 Å². The summed E-state index contributed by atoms with van der Waals surface area (Å²) in [5.74, 6) is 0.0556. The minimum Gasteiger partial charge on any atom is -0.530 e. The smallest absolute Gasteiger partial charge is 0.254 e. The topological polar surface area (TPSA) is 85.4 Å². The molecule has 2 heterocycles. The molecule has 0 unspecified atom stereocenters. The first kappa shape index (κ1) is 14.5. The van der Waals surface area contributed by atoms with E-state index < -0.39 is 6.09 Å². The second kappa shape index (κ2) is 6.04. The van der Waals surface area contributed by atoms with E-state index in [9.17, 15) is 14.7 Å². The highest BCUT2D eigenvalue weighted by Gasteiger charge is 2.19. The molecule has 20 heavy (non-hydrogen) atoms. The van der Waals surface area contributed by atoms with Crippen LogP contribution in [0.15, 0.2) is 28.4 Å². The third kappa shape index (κ3) is 3.36. The van der Waals surface area contributed by atoms with Gasteiger partial charge in [0.05, 0.1) is 4.47 Å². The molecule has 2 amide bonds. The average molecular weight is 339 g/mol. The predicted octanol–water partition coefficient (Wildman–Crippen LogP) is 1.07. The largest absolute Gasteiger partial charge is 0.530 e. The highest BCUT2D eigenvalue weighted by Crippen LogP contribution is 2.21.